The number of nitrogens with zero attached hydrogens (tertiary/aromatic N) is 1. The van der Waals surface area contributed by atoms with E-state index in [2.05, 4.69) is 0 Å². The molecule has 136 valence electrons. The van der Waals surface area contributed by atoms with Crippen molar-refractivity contribution in [3.05, 3.63) is 65.0 Å². The van der Waals surface area contributed by atoms with Crippen molar-refractivity contribution in [1.82, 2.24) is 4.90 Å². The van der Waals surface area contributed by atoms with E-state index < -0.39 is 18.1 Å². The molecule has 0 spiro atoms. The van der Waals surface area contributed by atoms with Crippen LogP contribution >= 0.6 is 0 Å². The van der Waals surface area contributed by atoms with Crippen LogP contribution < -0.4 is 4.74 Å². The topological polar surface area (TPSA) is 76.1 Å². The van der Waals surface area contributed by atoms with E-state index in [-0.39, 0.29) is 25.6 Å². The highest BCUT2D eigenvalue weighted by Crippen LogP contribution is 2.28. The van der Waals surface area contributed by atoms with Crippen LogP contribution in [0.2, 0.25) is 0 Å². The third-order valence-electron chi connectivity index (χ3n) is 4.00. The Bertz CT molecular complexity index is 838. The van der Waals surface area contributed by atoms with Crippen molar-refractivity contribution < 1.29 is 28.6 Å². The van der Waals surface area contributed by atoms with Crippen molar-refractivity contribution in [3.63, 3.8) is 0 Å². The molecule has 1 aliphatic heterocycles. The minimum Gasteiger partial charge on any atom is -0.489 e. The summed E-state index contributed by atoms with van der Waals surface area (Å²) >= 11 is 0. The lowest BCUT2D eigenvalue weighted by atomic mass is 10.1. The molecule has 1 atom stereocenters. The Morgan fingerprint density at radius 3 is 2.85 bits per heavy atom. The number of aliphatic hydroxyl groups excluding tert-OH is 1. The fourth-order valence-corrected chi connectivity index (χ4v) is 2.74. The smallest absolute Gasteiger partial charge is 0.356 e. The van der Waals surface area contributed by atoms with Gasteiger partial charge in [0.05, 0.1) is 6.61 Å². The number of carbonyl (C=O) groups excluding carboxylic acids is 2. The molecule has 1 heterocycles. The van der Waals surface area contributed by atoms with Crippen LogP contribution in [0.5, 0.6) is 5.75 Å². The normalized spacial score (nSPS) is 14.1. The van der Waals surface area contributed by atoms with Crippen molar-refractivity contribution in [2.45, 2.75) is 26.3 Å². The molecule has 0 bridgehead atoms. The molecule has 26 heavy (non-hydrogen) atoms. The molecule has 0 saturated carbocycles. The number of hydrogen-bond donors (Lipinski definition) is 1. The lowest BCUT2D eigenvalue weighted by Gasteiger charge is -2.20. The maximum Gasteiger partial charge on any atom is 0.356 e. The van der Waals surface area contributed by atoms with Crippen LogP contribution in [0.25, 0.3) is 0 Å². The lowest BCUT2D eigenvalue weighted by Crippen LogP contribution is -2.42. The standard InChI is InChI=1S/C19H18FNO5/c1-2-25-19(24)18(23)21-10-13-9-15(6-7-16(13)17(21)22)26-11-12-4-3-5-14(20)8-12/h3-9,18,23H,2,10-11H2,1H3. The molecule has 0 aromatic heterocycles. The number of fused-ring (bicyclic) bond motifs is 1. The third-order valence-corrected chi connectivity index (χ3v) is 4.00. The molecule has 0 radical (unpaired) electrons. The predicted molar refractivity (Wildman–Crippen MR) is 89.7 cm³/mol. The van der Waals surface area contributed by atoms with Gasteiger partial charge < -0.3 is 14.6 Å². The molecule has 1 N–H and O–H groups in total. The third kappa shape index (κ3) is 3.67. The maximum absolute atomic E-state index is 13.2. The number of benzene rings is 2. The van der Waals surface area contributed by atoms with Crippen LogP contribution in [0.3, 0.4) is 0 Å². The summed E-state index contributed by atoms with van der Waals surface area (Å²) in [6.07, 6.45) is -1.65. The largest absolute Gasteiger partial charge is 0.489 e. The van der Waals surface area contributed by atoms with E-state index in [4.69, 9.17) is 9.47 Å². The van der Waals surface area contributed by atoms with Gasteiger partial charge in [0.1, 0.15) is 18.2 Å². The van der Waals surface area contributed by atoms with Crippen molar-refractivity contribution >= 4 is 11.9 Å². The van der Waals surface area contributed by atoms with E-state index >= 15 is 0 Å². The number of rotatable bonds is 6. The van der Waals surface area contributed by atoms with Gasteiger partial charge in [0.15, 0.2) is 0 Å². The van der Waals surface area contributed by atoms with E-state index in [0.29, 0.717) is 22.4 Å². The molecule has 3 rings (SSSR count). The van der Waals surface area contributed by atoms with Crippen molar-refractivity contribution in [1.29, 1.82) is 0 Å². The number of amides is 1. The summed E-state index contributed by atoms with van der Waals surface area (Å²) in [7, 11) is 0. The van der Waals surface area contributed by atoms with Crippen LogP contribution in [0.1, 0.15) is 28.4 Å². The highest BCUT2D eigenvalue weighted by atomic mass is 19.1. The van der Waals surface area contributed by atoms with Gasteiger partial charge in [-0.15, -0.1) is 0 Å². The first-order chi connectivity index (χ1) is 12.5. The summed E-state index contributed by atoms with van der Waals surface area (Å²) in [6.45, 7) is 1.99. The number of halogens is 1. The fourth-order valence-electron chi connectivity index (χ4n) is 2.74. The molecule has 2 aromatic carbocycles. The molecule has 1 aliphatic rings. The molecule has 2 aromatic rings. The number of ether oxygens (including phenoxy) is 2. The molecular formula is C19H18FNO5. The number of hydrogen-bond acceptors (Lipinski definition) is 5. The summed E-state index contributed by atoms with van der Waals surface area (Å²) < 4.78 is 23.6. The summed E-state index contributed by atoms with van der Waals surface area (Å²) in [5, 5.41) is 10.0. The Hall–Kier alpha value is -2.93. The summed E-state index contributed by atoms with van der Waals surface area (Å²) in [4.78, 5) is 25.1. The van der Waals surface area contributed by atoms with Gasteiger partial charge in [-0.2, -0.15) is 0 Å². The van der Waals surface area contributed by atoms with Crippen LogP contribution in [0.15, 0.2) is 42.5 Å². The van der Waals surface area contributed by atoms with Crippen LogP contribution in [-0.2, 0) is 22.7 Å². The molecular weight excluding hydrogens is 341 g/mol. The van der Waals surface area contributed by atoms with Gasteiger partial charge in [-0.1, -0.05) is 12.1 Å². The quantitative estimate of drug-likeness (QED) is 0.801. The van der Waals surface area contributed by atoms with Gasteiger partial charge in [0.25, 0.3) is 5.91 Å². The first-order valence-corrected chi connectivity index (χ1v) is 8.15. The zero-order chi connectivity index (χ0) is 18.7. The minimum atomic E-state index is -1.65. The Balaban J connectivity index is 1.70. The second kappa shape index (κ2) is 7.53. The van der Waals surface area contributed by atoms with E-state index in [1.54, 1.807) is 37.3 Å². The summed E-state index contributed by atoms with van der Waals surface area (Å²) in [5.41, 5.74) is 1.71. The highest BCUT2D eigenvalue weighted by molar-refractivity contribution is 6.00. The minimum absolute atomic E-state index is 0.0747. The Morgan fingerprint density at radius 2 is 2.12 bits per heavy atom. The van der Waals surface area contributed by atoms with Gasteiger partial charge in [0.2, 0.25) is 6.23 Å². The first kappa shape index (κ1) is 17.9. The van der Waals surface area contributed by atoms with Crippen LogP contribution in [-0.4, -0.2) is 34.7 Å². The second-order valence-electron chi connectivity index (χ2n) is 5.80. The molecule has 0 saturated heterocycles. The average molecular weight is 359 g/mol. The second-order valence-corrected chi connectivity index (χ2v) is 5.80. The van der Waals surface area contributed by atoms with E-state index in [1.165, 1.54) is 12.1 Å². The fraction of sp³-hybridized carbons (Fsp3) is 0.263. The molecule has 0 aliphatic carbocycles. The predicted octanol–water partition coefficient (Wildman–Crippen LogP) is 2.24. The van der Waals surface area contributed by atoms with Gasteiger partial charge in [0, 0.05) is 12.1 Å². The monoisotopic (exact) mass is 359 g/mol. The Kier molecular flexibility index (Phi) is 5.18. The SMILES string of the molecule is CCOC(=O)C(O)N1Cc2cc(OCc3cccc(F)c3)ccc2C1=O. The highest BCUT2D eigenvalue weighted by Gasteiger charge is 2.36. The summed E-state index contributed by atoms with van der Waals surface area (Å²) in [5.74, 6) is -1.14. The average Bonchev–Trinajstić information content (AvgIpc) is 2.96. The van der Waals surface area contributed by atoms with Gasteiger partial charge in [-0.05, 0) is 48.4 Å². The van der Waals surface area contributed by atoms with E-state index in [9.17, 15) is 19.1 Å². The number of esters is 1. The molecule has 6 nitrogen and oxygen atoms in total. The van der Waals surface area contributed by atoms with Gasteiger partial charge in [-0.3, -0.25) is 9.69 Å². The number of aliphatic hydroxyl groups is 1. The maximum atomic E-state index is 13.2. The Labute approximate surface area is 149 Å². The molecule has 0 fully saturated rings. The molecule has 1 amide bonds. The zero-order valence-electron chi connectivity index (χ0n) is 14.1. The lowest BCUT2D eigenvalue weighted by molar-refractivity contribution is -0.161. The zero-order valence-corrected chi connectivity index (χ0v) is 14.1. The molecule has 7 heteroatoms. The van der Waals surface area contributed by atoms with Crippen LogP contribution in [0.4, 0.5) is 4.39 Å². The van der Waals surface area contributed by atoms with E-state index in [0.717, 1.165) is 4.90 Å². The van der Waals surface area contributed by atoms with Crippen molar-refractivity contribution in [2.75, 3.05) is 6.61 Å². The Morgan fingerprint density at radius 1 is 1.31 bits per heavy atom. The van der Waals surface area contributed by atoms with Gasteiger partial charge >= 0.3 is 5.97 Å². The first-order valence-electron chi connectivity index (χ1n) is 8.15. The number of carbonyl (C=O) groups is 2. The van der Waals surface area contributed by atoms with Crippen LogP contribution in [0, 0.1) is 5.82 Å². The van der Waals surface area contributed by atoms with Crippen molar-refractivity contribution in [3.8, 4) is 5.75 Å². The van der Waals surface area contributed by atoms with Crippen molar-refractivity contribution in [2.24, 2.45) is 0 Å². The van der Waals surface area contributed by atoms with Gasteiger partial charge in [-0.25, -0.2) is 9.18 Å². The molecule has 1 unspecified atom stereocenters. The summed E-state index contributed by atoms with van der Waals surface area (Å²) in [6, 6.07) is 11.0. The van der Waals surface area contributed by atoms with E-state index in [1.807, 2.05) is 0 Å².